The van der Waals surface area contributed by atoms with E-state index in [1.54, 1.807) is 12.1 Å². The highest BCUT2D eigenvalue weighted by molar-refractivity contribution is 6.31. The second kappa shape index (κ2) is 10.7. The molecule has 0 radical (unpaired) electrons. The number of carbonyl (C=O) groups is 2. The number of carboxylic acid groups (broad SMARTS) is 1. The standard InChI is InChI=1S/C29H31ClN4O3/c1-15(2)11-24(29(36)37)33-28(35)20-9-7-18(17(4)13-20)6-8-19-14-22-21-10-5-16(3)12-23(21)32-27(31)25(22)34-26(19)30/h5,7,9-10,12-15,24H,6,8,11H2,1-4H3,(H2,31,32)(H,33,35)(H,36,37). The largest absolute Gasteiger partial charge is 0.480 e. The summed E-state index contributed by atoms with van der Waals surface area (Å²) in [6.45, 7) is 7.80. The van der Waals surface area contributed by atoms with Crippen LogP contribution in [0.25, 0.3) is 21.8 Å². The van der Waals surface area contributed by atoms with E-state index in [1.165, 1.54) is 0 Å². The maximum Gasteiger partial charge on any atom is 0.326 e. The Balaban J connectivity index is 1.55. The molecule has 4 rings (SSSR count). The lowest BCUT2D eigenvalue weighted by atomic mass is 9.97. The molecule has 0 saturated heterocycles. The fourth-order valence-corrected chi connectivity index (χ4v) is 4.81. The van der Waals surface area contributed by atoms with Crippen molar-refractivity contribution in [3.05, 3.63) is 75.4 Å². The molecule has 4 aromatic rings. The number of pyridine rings is 2. The molecule has 1 amide bonds. The van der Waals surface area contributed by atoms with Crippen LogP contribution in [0.15, 0.2) is 42.5 Å². The minimum absolute atomic E-state index is 0.150. The maximum atomic E-state index is 12.7. The average Bonchev–Trinajstić information content (AvgIpc) is 2.82. The Kier molecular flexibility index (Phi) is 7.64. The normalized spacial score (nSPS) is 12.3. The molecule has 4 N–H and O–H groups in total. The molecule has 8 heteroatoms. The van der Waals surface area contributed by atoms with Gasteiger partial charge in [-0.1, -0.05) is 43.6 Å². The zero-order valence-electron chi connectivity index (χ0n) is 21.4. The maximum absolute atomic E-state index is 12.7. The van der Waals surface area contributed by atoms with E-state index in [2.05, 4.69) is 15.3 Å². The molecule has 37 heavy (non-hydrogen) atoms. The minimum atomic E-state index is -1.03. The van der Waals surface area contributed by atoms with Gasteiger partial charge < -0.3 is 16.2 Å². The minimum Gasteiger partial charge on any atom is -0.480 e. The third kappa shape index (κ3) is 5.83. The lowest BCUT2D eigenvalue weighted by molar-refractivity contribution is -0.139. The van der Waals surface area contributed by atoms with Crippen LogP contribution in [0.5, 0.6) is 0 Å². The second-order valence-corrected chi connectivity index (χ2v) is 10.3. The van der Waals surface area contributed by atoms with Crippen molar-refractivity contribution in [1.29, 1.82) is 0 Å². The number of fused-ring (bicyclic) bond motifs is 3. The molecule has 0 fully saturated rings. The molecule has 0 aliphatic heterocycles. The number of amides is 1. The average molecular weight is 519 g/mol. The number of nitrogens with zero attached hydrogens (tertiary/aromatic N) is 2. The van der Waals surface area contributed by atoms with Crippen LogP contribution >= 0.6 is 11.6 Å². The number of aromatic nitrogens is 2. The van der Waals surface area contributed by atoms with Crippen LogP contribution in [0, 0.1) is 19.8 Å². The van der Waals surface area contributed by atoms with E-state index in [1.807, 2.05) is 58.0 Å². The summed E-state index contributed by atoms with van der Waals surface area (Å²) in [4.78, 5) is 33.3. The number of aryl methyl sites for hydroxylation is 4. The molecule has 0 aliphatic carbocycles. The number of anilines is 1. The molecule has 1 unspecified atom stereocenters. The van der Waals surface area contributed by atoms with Gasteiger partial charge in [-0.25, -0.2) is 14.8 Å². The summed E-state index contributed by atoms with van der Waals surface area (Å²) in [6, 6.07) is 12.6. The Bertz CT molecular complexity index is 1520. The number of halogens is 1. The van der Waals surface area contributed by atoms with Crippen molar-refractivity contribution < 1.29 is 14.7 Å². The molecule has 2 aromatic heterocycles. The number of nitrogens with one attached hydrogen (secondary N) is 1. The number of benzene rings is 2. The summed E-state index contributed by atoms with van der Waals surface area (Å²) < 4.78 is 0. The van der Waals surface area contributed by atoms with E-state index >= 15 is 0 Å². The van der Waals surface area contributed by atoms with Crippen LogP contribution in [0.1, 0.15) is 52.9 Å². The van der Waals surface area contributed by atoms with Gasteiger partial charge in [0.1, 0.15) is 16.7 Å². The first-order valence-corrected chi connectivity index (χ1v) is 12.7. The van der Waals surface area contributed by atoms with Gasteiger partial charge in [0, 0.05) is 16.3 Å². The molecule has 0 spiro atoms. The van der Waals surface area contributed by atoms with Crippen LogP contribution in [0.4, 0.5) is 5.82 Å². The van der Waals surface area contributed by atoms with Crippen molar-refractivity contribution in [2.45, 2.75) is 53.0 Å². The highest BCUT2D eigenvalue weighted by Gasteiger charge is 2.22. The zero-order chi connectivity index (χ0) is 26.9. The van der Waals surface area contributed by atoms with E-state index in [4.69, 9.17) is 17.3 Å². The molecular weight excluding hydrogens is 488 g/mol. The van der Waals surface area contributed by atoms with Gasteiger partial charge in [0.25, 0.3) is 5.91 Å². The van der Waals surface area contributed by atoms with Gasteiger partial charge in [-0.05, 0) is 85.5 Å². The second-order valence-electron chi connectivity index (χ2n) is 9.99. The van der Waals surface area contributed by atoms with E-state index in [0.717, 1.165) is 38.5 Å². The predicted molar refractivity (Wildman–Crippen MR) is 148 cm³/mol. The quantitative estimate of drug-likeness (QED) is 0.205. The topological polar surface area (TPSA) is 118 Å². The predicted octanol–water partition coefficient (Wildman–Crippen LogP) is 5.65. The Morgan fingerprint density at radius 3 is 2.41 bits per heavy atom. The summed E-state index contributed by atoms with van der Waals surface area (Å²) in [5, 5.41) is 14.4. The molecule has 0 saturated carbocycles. The fourth-order valence-electron chi connectivity index (χ4n) is 4.57. The Hall–Kier alpha value is -3.71. The molecule has 7 nitrogen and oxygen atoms in total. The molecule has 2 aromatic carbocycles. The van der Waals surface area contributed by atoms with Crippen molar-refractivity contribution in [1.82, 2.24) is 15.3 Å². The number of nitrogens with two attached hydrogens (primary N) is 1. The van der Waals surface area contributed by atoms with Gasteiger partial charge >= 0.3 is 5.97 Å². The van der Waals surface area contributed by atoms with E-state index in [0.29, 0.717) is 41.3 Å². The summed E-state index contributed by atoms with van der Waals surface area (Å²) >= 11 is 6.54. The SMILES string of the molecule is Cc1ccc2c(c1)nc(N)c1nc(Cl)c(CCc3ccc(C(=O)NC(CC(C)C)C(=O)O)cc3C)cc12. The van der Waals surface area contributed by atoms with Gasteiger partial charge in [0.2, 0.25) is 0 Å². The molecule has 192 valence electrons. The Morgan fingerprint density at radius 1 is 1.00 bits per heavy atom. The fraction of sp³-hybridized carbons (Fsp3) is 0.310. The van der Waals surface area contributed by atoms with Crippen molar-refractivity contribution in [2.24, 2.45) is 5.92 Å². The molecule has 0 bridgehead atoms. The summed E-state index contributed by atoms with van der Waals surface area (Å²) in [5.74, 6) is -0.920. The van der Waals surface area contributed by atoms with Crippen molar-refractivity contribution in [3.63, 3.8) is 0 Å². The number of hydrogen-bond acceptors (Lipinski definition) is 5. The lowest BCUT2D eigenvalue weighted by Gasteiger charge is -2.17. The van der Waals surface area contributed by atoms with E-state index < -0.39 is 17.9 Å². The van der Waals surface area contributed by atoms with Gasteiger partial charge in [0.05, 0.1) is 5.52 Å². The Morgan fingerprint density at radius 2 is 1.73 bits per heavy atom. The number of aliphatic carboxylic acids is 1. The molecule has 2 heterocycles. The van der Waals surface area contributed by atoms with Crippen LogP contribution in [0.2, 0.25) is 5.15 Å². The monoisotopic (exact) mass is 518 g/mol. The van der Waals surface area contributed by atoms with E-state index in [-0.39, 0.29) is 5.92 Å². The first-order valence-electron chi connectivity index (χ1n) is 12.3. The summed E-state index contributed by atoms with van der Waals surface area (Å²) in [6.07, 6.45) is 1.72. The van der Waals surface area contributed by atoms with Gasteiger partial charge in [-0.15, -0.1) is 0 Å². The van der Waals surface area contributed by atoms with Crippen molar-refractivity contribution in [2.75, 3.05) is 5.73 Å². The molecule has 0 aliphatic rings. The lowest BCUT2D eigenvalue weighted by Crippen LogP contribution is -2.41. The zero-order valence-corrected chi connectivity index (χ0v) is 22.2. The number of carboxylic acids is 1. The van der Waals surface area contributed by atoms with Gasteiger partial charge in [-0.3, -0.25) is 4.79 Å². The van der Waals surface area contributed by atoms with Crippen LogP contribution in [-0.2, 0) is 17.6 Å². The Labute approximate surface area is 221 Å². The summed E-state index contributed by atoms with van der Waals surface area (Å²) in [5.41, 5.74) is 12.1. The number of nitrogen functional groups attached to an aromatic ring is 1. The van der Waals surface area contributed by atoms with Crippen molar-refractivity contribution >= 4 is 51.1 Å². The smallest absolute Gasteiger partial charge is 0.326 e. The third-order valence-electron chi connectivity index (χ3n) is 6.55. The third-order valence-corrected chi connectivity index (χ3v) is 6.88. The number of rotatable bonds is 8. The summed E-state index contributed by atoms with van der Waals surface area (Å²) in [7, 11) is 0. The first-order chi connectivity index (χ1) is 17.5. The van der Waals surface area contributed by atoms with E-state index in [9.17, 15) is 14.7 Å². The number of hydrogen-bond donors (Lipinski definition) is 3. The van der Waals surface area contributed by atoms with Crippen LogP contribution < -0.4 is 11.1 Å². The molecular formula is C29H31ClN4O3. The number of carbonyl (C=O) groups excluding carboxylic acids is 1. The van der Waals surface area contributed by atoms with Crippen LogP contribution in [-0.4, -0.2) is 33.0 Å². The van der Waals surface area contributed by atoms with Gasteiger partial charge in [-0.2, -0.15) is 0 Å². The molecule has 1 atom stereocenters. The van der Waals surface area contributed by atoms with Gasteiger partial charge in [0.15, 0.2) is 5.82 Å². The van der Waals surface area contributed by atoms with Crippen LogP contribution in [0.3, 0.4) is 0 Å². The highest BCUT2D eigenvalue weighted by atomic mass is 35.5. The first kappa shape index (κ1) is 26.4. The van der Waals surface area contributed by atoms with Crippen molar-refractivity contribution in [3.8, 4) is 0 Å². The highest BCUT2D eigenvalue weighted by Crippen LogP contribution is 2.31.